The number of hydrogen-bond donors (Lipinski definition) is 0. The number of aromatic nitrogens is 1. The second-order valence-electron chi connectivity index (χ2n) is 17.7. The Morgan fingerprint density at radius 3 is 1.49 bits per heavy atom. The van der Waals surface area contributed by atoms with Gasteiger partial charge in [0.1, 0.15) is 0 Å². The molecule has 2 nitrogen and oxygen atoms in total. The second kappa shape index (κ2) is 16.5. The van der Waals surface area contributed by atoms with Crippen LogP contribution in [0.1, 0.15) is 0 Å². The van der Waals surface area contributed by atoms with Gasteiger partial charge in [-0.3, -0.25) is 0 Å². The lowest BCUT2D eigenvalue weighted by Crippen LogP contribution is -2.10. The summed E-state index contributed by atoms with van der Waals surface area (Å²) < 4.78 is 2.42. The van der Waals surface area contributed by atoms with E-state index >= 15 is 0 Å². The van der Waals surface area contributed by atoms with Crippen LogP contribution in [0.15, 0.2) is 267 Å². The Morgan fingerprint density at radius 2 is 0.750 bits per heavy atom. The number of anilines is 3. The summed E-state index contributed by atoms with van der Waals surface area (Å²) in [7, 11) is 0. The molecule has 13 aromatic rings. The smallest absolute Gasteiger partial charge is 0.0619 e. The molecule has 13 rings (SSSR count). The molecule has 0 spiro atoms. The maximum Gasteiger partial charge on any atom is 0.0619 e. The second-order valence-corrected chi connectivity index (χ2v) is 17.7. The highest BCUT2D eigenvalue weighted by Gasteiger charge is 2.19. The molecule has 0 saturated heterocycles. The number of hydrogen-bond acceptors (Lipinski definition) is 1. The third-order valence-corrected chi connectivity index (χ3v) is 13.8. The summed E-state index contributed by atoms with van der Waals surface area (Å²) in [5.74, 6) is 0. The lowest BCUT2D eigenvalue weighted by molar-refractivity contribution is 1.18. The van der Waals surface area contributed by atoms with Gasteiger partial charge in [-0.1, -0.05) is 212 Å². The zero-order chi connectivity index (χ0) is 45.0. The van der Waals surface area contributed by atoms with Crippen LogP contribution in [-0.2, 0) is 0 Å². The van der Waals surface area contributed by atoms with Gasteiger partial charge in [-0.25, -0.2) is 0 Å². The topological polar surface area (TPSA) is 8.17 Å². The Morgan fingerprint density at radius 1 is 0.250 bits per heavy atom. The molecule has 0 aliphatic carbocycles. The molecule has 0 atom stereocenters. The molecule has 0 radical (unpaired) electrons. The number of nitrogens with zero attached hydrogens (tertiary/aromatic N) is 2. The highest BCUT2D eigenvalue weighted by molar-refractivity contribution is 6.14. The maximum absolute atomic E-state index is 2.42. The van der Waals surface area contributed by atoms with Crippen molar-refractivity contribution in [3.8, 4) is 50.2 Å². The van der Waals surface area contributed by atoms with E-state index in [1.807, 2.05) is 0 Å². The minimum atomic E-state index is 1.08. The highest BCUT2D eigenvalue weighted by atomic mass is 15.1. The van der Waals surface area contributed by atoms with E-state index in [0.717, 1.165) is 28.3 Å². The summed E-state index contributed by atoms with van der Waals surface area (Å²) in [6.07, 6.45) is 0. The Labute approximate surface area is 395 Å². The van der Waals surface area contributed by atoms with Crippen LogP contribution in [0.2, 0.25) is 0 Å². The average molecular weight is 865 g/mol. The molecule has 2 heteroatoms. The van der Waals surface area contributed by atoms with Gasteiger partial charge >= 0.3 is 0 Å². The van der Waals surface area contributed by atoms with E-state index in [-0.39, 0.29) is 0 Å². The third kappa shape index (κ3) is 6.73. The van der Waals surface area contributed by atoms with Crippen molar-refractivity contribution in [3.05, 3.63) is 267 Å². The lowest BCUT2D eigenvalue weighted by Gasteiger charge is -2.26. The number of fused-ring (bicyclic) bond motifs is 7. The summed E-state index contributed by atoms with van der Waals surface area (Å²) in [6, 6.07) is 97.4. The first kappa shape index (κ1) is 39.4. The molecular formula is C66H44N2. The predicted molar refractivity (Wildman–Crippen MR) is 290 cm³/mol. The molecular weight excluding hydrogens is 821 g/mol. The maximum atomic E-state index is 2.42. The molecule has 0 unspecified atom stereocenters. The first-order valence-corrected chi connectivity index (χ1v) is 23.4. The number of para-hydroxylation sites is 3. The summed E-state index contributed by atoms with van der Waals surface area (Å²) in [6.45, 7) is 0. The van der Waals surface area contributed by atoms with Gasteiger partial charge in [-0.2, -0.15) is 0 Å². The minimum Gasteiger partial charge on any atom is -0.310 e. The van der Waals surface area contributed by atoms with Crippen LogP contribution in [0.3, 0.4) is 0 Å². The van der Waals surface area contributed by atoms with Crippen LogP contribution in [0.4, 0.5) is 17.1 Å². The molecule has 0 saturated carbocycles. The van der Waals surface area contributed by atoms with E-state index in [2.05, 4.69) is 276 Å². The normalized spacial score (nSPS) is 11.5. The van der Waals surface area contributed by atoms with E-state index < -0.39 is 0 Å². The fraction of sp³-hybridized carbons (Fsp3) is 0. The average Bonchev–Trinajstić information content (AvgIpc) is 3.76. The van der Waals surface area contributed by atoms with Gasteiger partial charge in [0.05, 0.1) is 11.0 Å². The first-order chi connectivity index (χ1) is 33.7. The fourth-order valence-corrected chi connectivity index (χ4v) is 10.6. The molecule has 318 valence electrons. The largest absolute Gasteiger partial charge is 0.310 e. The molecule has 0 bridgehead atoms. The van der Waals surface area contributed by atoms with Crippen LogP contribution >= 0.6 is 0 Å². The monoisotopic (exact) mass is 864 g/mol. The van der Waals surface area contributed by atoms with Gasteiger partial charge in [0, 0.05) is 39.1 Å². The fourth-order valence-electron chi connectivity index (χ4n) is 10.6. The van der Waals surface area contributed by atoms with Gasteiger partial charge in [0.25, 0.3) is 0 Å². The minimum absolute atomic E-state index is 1.08. The number of benzene rings is 12. The molecule has 1 aromatic heterocycles. The van der Waals surface area contributed by atoms with Crippen molar-refractivity contribution in [1.29, 1.82) is 0 Å². The van der Waals surface area contributed by atoms with Gasteiger partial charge in [0.2, 0.25) is 0 Å². The predicted octanol–water partition coefficient (Wildman–Crippen LogP) is 18.4. The molecule has 0 aliphatic heterocycles. The van der Waals surface area contributed by atoms with Crippen LogP contribution in [0, 0.1) is 0 Å². The molecule has 12 aromatic carbocycles. The van der Waals surface area contributed by atoms with Crippen LogP contribution in [-0.4, -0.2) is 4.57 Å². The molecule has 0 amide bonds. The van der Waals surface area contributed by atoms with Gasteiger partial charge in [0.15, 0.2) is 0 Å². The quantitative estimate of drug-likeness (QED) is 0.138. The highest BCUT2D eigenvalue weighted by Crippen LogP contribution is 2.43. The van der Waals surface area contributed by atoms with E-state index in [4.69, 9.17) is 0 Å². The van der Waals surface area contributed by atoms with Crippen molar-refractivity contribution >= 4 is 71.2 Å². The SMILES string of the molecule is c1ccc(-n2c3ccccc3c3cccc(-c4cccc(N(c5ccc(-c6ccc(-c7cccc8ccccc78)cc6)cc5)c5ccc(-c6cccc7c6ccc6ccccc67)cc5)c4)c32)cc1. The summed E-state index contributed by atoms with van der Waals surface area (Å²) in [4.78, 5) is 2.39. The van der Waals surface area contributed by atoms with E-state index in [1.54, 1.807) is 0 Å². The van der Waals surface area contributed by atoms with Gasteiger partial charge in [-0.05, 0) is 126 Å². The van der Waals surface area contributed by atoms with Crippen molar-refractivity contribution in [3.63, 3.8) is 0 Å². The molecule has 68 heavy (non-hydrogen) atoms. The first-order valence-electron chi connectivity index (χ1n) is 23.4. The number of rotatable bonds is 8. The van der Waals surface area contributed by atoms with E-state index in [9.17, 15) is 0 Å². The summed E-state index contributed by atoms with van der Waals surface area (Å²) >= 11 is 0. The van der Waals surface area contributed by atoms with Crippen molar-refractivity contribution in [1.82, 2.24) is 4.57 Å². The Hall–Kier alpha value is -8.98. The van der Waals surface area contributed by atoms with Crippen LogP contribution in [0.25, 0.3) is 104 Å². The zero-order valence-corrected chi connectivity index (χ0v) is 37.3. The van der Waals surface area contributed by atoms with E-state index in [0.29, 0.717) is 0 Å². The van der Waals surface area contributed by atoms with Crippen LogP contribution in [0.5, 0.6) is 0 Å². The third-order valence-electron chi connectivity index (χ3n) is 13.8. The van der Waals surface area contributed by atoms with Crippen molar-refractivity contribution < 1.29 is 0 Å². The van der Waals surface area contributed by atoms with Crippen molar-refractivity contribution in [2.24, 2.45) is 0 Å². The van der Waals surface area contributed by atoms with Crippen LogP contribution < -0.4 is 4.90 Å². The molecule has 0 aliphatic rings. The standard InChI is InChI=1S/C66H44N2/c1-2-18-52(19-3-1)68-65-29-9-8-23-63(65)64-28-13-26-60(66(64)68)51-17-10-20-55(44-51)67(54-41-36-50(37-42-54)59-25-12-27-61-58-22-7-5-15-48(58)38-43-62(59)61)53-39-34-46(35-40-53)45-30-32-49(33-31-45)57-24-11-16-47-14-4-6-21-56(47)57/h1-44H. The van der Waals surface area contributed by atoms with Gasteiger partial charge in [-0.15, -0.1) is 0 Å². The van der Waals surface area contributed by atoms with E-state index in [1.165, 1.54) is 93.1 Å². The van der Waals surface area contributed by atoms with Crippen molar-refractivity contribution in [2.75, 3.05) is 4.90 Å². The molecule has 1 heterocycles. The summed E-state index contributed by atoms with van der Waals surface area (Å²) in [5, 5.41) is 10.1. The lowest BCUT2D eigenvalue weighted by atomic mass is 9.94. The molecule has 0 N–H and O–H groups in total. The summed E-state index contributed by atoms with van der Waals surface area (Å²) in [5.41, 5.74) is 16.4. The van der Waals surface area contributed by atoms with Crippen molar-refractivity contribution in [2.45, 2.75) is 0 Å². The Balaban J connectivity index is 0.921. The van der Waals surface area contributed by atoms with Gasteiger partial charge < -0.3 is 9.47 Å². The zero-order valence-electron chi connectivity index (χ0n) is 37.3. The molecule has 0 fully saturated rings. The Bertz CT molecular complexity index is 3990. The Kier molecular flexibility index (Phi) is 9.54.